The van der Waals surface area contributed by atoms with Crippen molar-refractivity contribution in [2.75, 3.05) is 5.73 Å². The minimum Gasteiger partial charge on any atom is -0.399 e. The Morgan fingerprint density at radius 3 is 2.94 bits per heavy atom. The van der Waals surface area contributed by atoms with Gasteiger partial charge in [0, 0.05) is 36.1 Å². The van der Waals surface area contributed by atoms with Crippen LogP contribution in [-0.2, 0) is 13.0 Å². The quantitative estimate of drug-likeness (QED) is 0.846. The SMILES string of the molecule is CCCn1ccnc1Cc1ccc(N)cc1Cl. The lowest BCUT2D eigenvalue weighted by atomic mass is 10.1. The van der Waals surface area contributed by atoms with Crippen molar-refractivity contribution in [1.29, 1.82) is 0 Å². The number of nitrogens with zero attached hydrogens (tertiary/aromatic N) is 2. The van der Waals surface area contributed by atoms with Gasteiger partial charge in [-0.15, -0.1) is 0 Å². The Morgan fingerprint density at radius 1 is 1.41 bits per heavy atom. The highest BCUT2D eigenvalue weighted by Gasteiger charge is 2.06. The molecule has 0 saturated carbocycles. The molecule has 0 unspecified atom stereocenters. The van der Waals surface area contributed by atoms with Gasteiger partial charge in [-0.1, -0.05) is 24.6 Å². The molecule has 1 aromatic heterocycles. The van der Waals surface area contributed by atoms with E-state index >= 15 is 0 Å². The number of imidazole rings is 1. The lowest BCUT2D eigenvalue weighted by Gasteiger charge is -2.08. The van der Waals surface area contributed by atoms with E-state index in [1.165, 1.54) is 0 Å². The molecule has 0 saturated heterocycles. The molecule has 0 radical (unpaired) electrons. The summed E-state index contributed by atoms with van der Waals surface area (Å²) in [6, 6.07) is 5.61. The van der Waals surface area contributed by atoms with E-state index in [1.54, 1.807) is 6.07 Å². The molecule has 2 aromatic rings. The van der Waals surface area contributed by atoms with E-state index in [0.29, 0.717) is 10.7 Å². The molecule has 0 fully saturated rings. The summed E-state index contributed by atoms with van der Waals surface area (Å²) in [5, 5.41) is 0.705. The lowest BCUT2D eigenvalue weighted by Crippen LogP contribution is -2.03. The van der Waals surface area contributed by atoms with Crippen LogP contribution in [0.15, 0.2) is 30.6 Å². The fourth-order valence-electron chi connectivity index (χ4n) is 1.83. The Kier molecular flexibility index (Phi) is 3.69. The highest BCUT2D eigenvalue weighted by molar-refractivity contribution is 6.31. The van der Waals surface area contributed by atoms with E-state index in [4.69, 9.17) is 17.3 Å². The zero-order chi connectivity index (χ0) is 12.3. The molecular formula is C13H16ClN3. The van der Waals surface area contributed by atoms with E-state index in [-0.39, 0.29) is 0 Å². The summed E-state index contributed by atoms with van der Waals surface area (Å²) < 4.78 is 2.16. The van der Waals surface area contributed by atoms with E-state index in [2.05, 4.69) is 16.5 Å². The first kappa shape index (κ1) is 12.0. The lowest BCUT2D eigenvalue weighted by molar-refractivity contribution is 0.647. The van der Waals surface area contributed by atoms with Gasteiger partial charge in [-0.2, -0.15) is 0 Å². The predicted octanol–water partition coefficient (Wildman–Crippen LogP) is 3.12. The molecule has 2 N–H and O–H groups in total. The van der Waals surface area contributed by atoms with Crippen molar-refractivity contribution >= 4 is 17.3 Å². The number of aryl methyl sites for hydroxylation is 1. The zero-order valence-corrected chi connectivity index (χ0v) is 10.6. The molecule has 1 heterocycles. The maximum Gasteiger partial charge on any atom is 0.113 e. The Morgan fingerprint density at radius 2 is 2.24 bits per heavy atom. The topological polar surface area (TPSA) is 43.8 Å². The second-order valence-corrected chi connectivity index (χ2v) is 4.47. The Hall–Kier alpha value is -1.48. The van der Waals surface area contributed by atoms with E-state index in [0.717, 1.165) is 30.8 Å². The maximum absolute atomic E-state index is 6.16. The predicted molar refractivity (Wildman–Crippen MR) is 71.2 cm³/mol. The summed E-state index contributed by atoms with van der Waals surface area (Å²) in [6.45, 7) is 3.14. The van der Waals surface area contributed by atoms with E-state index in [1.807, 2.05) is 24.5 Å². The van der Waals surface area contributed by atoms with Gasteiger partial charge < -0.3 is 10.3 Å². The molecular weight excluding hydrogens is 234 g/mol. The third kappa shape index (κ3) is 2.80. The summed E-state index contributed by atoms with van der Waals surface area (Å²) in [5.41, 5.74) is 7.42. The number of benzene rings is 1. The van der Waals surface area contributed by atoms with Gasteiger partial charge in [0.25, 0.3) is 0 Å². The summed E-state index contributed by atoms with van der Waals surface area (Å²) >= 11 is 6.16. The van der Waals surface area contributed by atoms with Crippen LogP contribution in [0, 0.1) is 0 Å². The first-order valence-electron chi connectivity index (χ1n) is 5.74. The van der Waals surface area contributed by atoms with Crippen LogP contribution in [0.1, 0.15) is 24.7 Å². The normalized spacial score (nSPS) is 10.7. The van der Waals surface area contributed by atoms with Crippen LogP contribution < -0.4 is 5.73 Å². The number of nitrogen functional groups attached to an aromatic ring is 1. The van der Waals surface area contributed by atoms with Crippen molar-refractivity contribution in [3.63, 3.8) is 0 Å². The number of halogens is 1. The zero-order valence-electron chi connectivity index (χ0n) is 9.86. The molecule has 4 heteroatoms. The van der Waals surface area contributed by atoms with Gasteiger partial charge >= 0.3 is 0 Å². The molecule has 0 aliphatic carbocycles. The Bertz CT molecular complexity index is 505. The molecule has 3 nitrogen and oxygen atoms in total. The molecule has 1 aromatic carbocycles. The monoisotopic (exact) mass is 249 g/mol. The highest BCUT2D eigenvalue weighted by atomic mass is 35.5. The first-order valence-corrected chi connectivity index (χ1v) is 6.12. The first-order chi connectivity index (χ1) is 8.20. The maximum atomic E-state index is 6.16. The second kappa shape index (κ2) is 5.23. The number of nitrogens with two attached hydrogens (primary N) is 1. The van der Waals surface area contributed by atoms with Crippen molar-refractivity contribution in [3.8, 4) is 0 Å². The van der Waals surface area contributed by atoms with Crippen LogP contribution in [0.25, 0.3) is 0 Å². The minimum atomic E-state index is 0.690. The molecule has 0 atom stereocenters. The average Bonchev–Trinajstić information content (AvgIpc) is 2.71. The van der Waals surface area contributed by atoms with Crippen LogP contribution >= 0.6 is 11.6 Å². The van der Waals surface area contributed by atoms with Crippen LogP contribution in [0.2, 0.25) is 5.02 Å². The molecule has 0 spiro atoms. The van der Waals surface area contributed by atoms with Crippen LogP contribution in [-0.4, -0.2) is 9.55 Å². The van der Waals surface area contributed by atoms with Crippen molar-refractivity contribution < 1.29 is 0 Å². The van der Waals surface area contributed by atoms with Gasteiger partial charge in [-0.3, -0.25) is 0 Å². The molecule has 0 amide bonds. The third-order valence-corrected chi connectivity index (χ3v) is 3.04. The number of aromatic nitrogens is 2. The van der Waals surface area contributed by atoms with Crippen molar-refractivity contribution in [3.05, 3.63) is 47.0 Å². The largest absolute Gasteiger partial charge is 0.399 e. The van der Waals surface area contributed by atoms with Crippen molar-refractivity contribution in [1.82, 2.24) is 9.55 Å². The molecule has 0 aliphatic rings. The summed E-state index contributed by atoms with van der Waals surface area (Å²) in [4.78, 5) is 4.37. The van der Waals surface area contributed by atoms with Gasteiger partial charge in [0.2, 0.25) is 0 Å². The van der Waals surface area contributed by atoms with Crippen molar-refractivity contribution in [2.45, 2.75) is 26.3 Å². The highest BCUT2D eigenvalue weighted by Crippen LogP contribution is 2.21. The second-order valence-electron chi connectivity index (χ2n) is 4.06. The van der Waals surface area contributed by atoms with Crippen LogP contribution in [0.3, 0.4) is 0 Å². The van der Waals surface area contributed by atoms with Crippen LogP contribution in [0.5, 0.6) is 0 Å². The van der Waals surface area contributed by atoms with E-state index in [9.17, 15) is 0 Å². The summed E-state index contributed by atoms with van der Waals surface area (Å²) in [5.74, 6) is 1.04. The smallest absolute Gasteiger partial charge is 0.113 e. The molecule has 90 valence electrons. The van der Waals surface area contributed by atoms with Gasteiger partial charge in [0.05, 0.1) is 0 Å². The molecule has 0 aliphatic heterocycles. The van der Waals surface area contributed by atoms with Gasteiger partial charge in [0.1, 0.15) is 5.82 Å². The number of anilines is 1. The fraction of sp³-hybridized carbons (Fsp3) is 0.308. The molecule has 2 rings (SSSR count). The molecule has 17 heavy (non-hydrogen) atoms. The summed E-state index contributed by atoms with van der Waals surface area (Å²) in [7, 11) is 0. The average molecular weight is 250 g/mol. The summed E-state index contributed by atoms with van der Waals surface area (Å²) in [6.07, 6.45) is 5.67. The Labute approximate surface area is 106 Å². The standard InChI is InChI=1S/C13H16ClN3/c1-2-6-17-7-5-16-13(17)8-10-3-4-11(15)9-12(10)14/h3-5,7,9H,2,6,8,15H2,1H3. The number of hydrogen-bond acceptors (Lipinski definition) is 2. The van der Waals surface area contributed by atoms with Gasteiger partial charge in [-0.25, -0.2) is 4.98 Å². The third-order valence-electron chi connectivity index (χ3n) is 2.69. The fourth-order valence-corrected chi connectivity index (χ4v) is 2.08. The number of rotatable bonds is 4. The van der Waals surface area contributed by atoms with Gasteiger partial charge in [-0.05, 0) is 24.1 Å². The minimum absolute atomic E-state index is 0.690. The van der Waals surface area contributed by atoms with Crippen molar-refractivity contribution in [2.24, 2.45) is 0 Å². The van der Waals surface area contributed by atoms with Crippen LogP contribution in [0.4, 0.5) is 5.69 Å². The van der Waals surface area contributed by atoms with Gasteiger partial charge in [0.15, 0.2) is 0 Å². The Balaban J connectivity index is 2.22. The van der Waals surface area contributed by atoms with E-state index < -0.39 is 0 Å². The number of hydrogen-bond donors (Lipinski definition) is 1. The molecule has 0 bridgehead atoms.